The van der Waals surface area contributed by atoms with Crippen molar-refractivity contribution in [2.45, 2.75) is 25.6 Å². The number of phenolic OH excluding ortho intramolecular Hbond substituents is 1. The van der Waals surface area contributed by atoms with Gasteiger partial charge in [-0.1, -0.05) is 6.07 Å². The van der Waals surface area contributed by atoms with Crippen molar-refractivity contribution in [1.82, 2.24) is 4.57 Å². The van der Waals surface area contributed by atoms with E-state index in [1.54, 1.807) is 17.8 Å². The monoisotopic (exact) mass is 235 g/mol. The van der Waals surface area contributed by atoms with Crippen LogP contribution >= 0.6 is 11.8 Å². The van der Waals surface area contributed by atoms with Crippen LogP contribution in [0.5, 0.6) is 5.75 Å². The van der Waals surface area contributed by atoms with Gasteiger partial charge in [-0.05, 0) is 38.3 Å². The molecule has 16 heavy (non-hydrogen) atoms. The molecule has 1 N–H and O–H groups in total. The number of aromatic nitrogens is 1. The zero-order valence-corrected chi connectivity index (χ0v) is 10.7. The van der Waals surface area contributed by atoms with Crippen molar-refractivity contribution >= 4 is 22.7 Å². The lowest BCUT2D eigenvalue weighted by atomic mass is 10.2. The van der Waals surface area contributed by atoms with Gasteiger partial charge in [0.15, 0.2) is 0 Å². The third-order valence-electron chi connectivity index (χ3n) is 2.75. The van der Waals surface area contributed by atoms with E-state index in [9.17, 15) is 5.11 Å². The highest BCUT2D eigenvalue weighted by Gasteiger charge is 2.12. The minimum Gasteiger partial charge on any atom is -0.507 e. The van der Waals surface area contributed by atoms with Gasteiger partial charge in [0, 0.05) is 22.9 Å². The van der Waals surface area contributed by atoms with Crippen molar-refractivity contribution in [3.8, 4) is 5.75 Å². The second kappa shape index (κ2) is 4.42. The molecule has 0 bridgehead atoms. The maximum Gasteiger partial charge on any atom is 0.124 e. The topological polar surface area (TPSA) is 25.2 Å². The second-order valence-corrected chi connectivity index (χ2v) is 5.11. The normalized spacial score (nSPS) is 11.5. The van der Waals surface area contributed by atoms with Crippen LogP contribution in [-0.4, -0.2) is 15.9 Å². The molecule has 0 unspecified atom stereocenters. The Morgan fingerprint density at radius 1 is 1.38 bits per heavy atom. The van der Waals surface area contributed by atoms with Gasteiger partial charge in [0.2, 0.25) is 0 Å². The van der Waals surface area contributed by atoms with E-state index in [1.807, 2.05) is 6.07 Å². The SMILES string of the molecule is CSCc1cc2c(O)cccc2n1C(C)C. The van der Waals surface area contributed by atoms with Gasteiger partial charge in [-0.3, -0.25) is 0 Å². The van der Waals surface area contributed by atoms with Crippen LogP contribution in [0.15, 0.2) is 24.3 Å². The summed E-state index contributed by atoms with van der Waals surface area (Å²) in [4.78, 5) is 0. The lowest BCUT2D eigenvalue weighted by molar-refractivity contribution is 0.481. The van der Waals surface area contributed by atoms with Crippen LogP contribution in [0.2, 0.25) is 0 Å². The Morgan fingerprint density at radius 3 is 2.75 bits per heavy atom. The molecule has 0 fully saturated rings. The van der Waals surface area contributed by atoms with E-state index in [2.05, 4.69) is 36.8 Å². The molecule has 1 aromatic carbocycles. The molecule has 2 aromatic rings. The number of aromatic hydroxyl groups is 1. The van der Waals surface area contributed by atoms with E-state index in [0.717, 1.165) is 16.7 Å². The molecular weight excluding hydrogens is 218 g/mol. The molecular formula is C13H17NOS. The molecule has 0 aliphatic carbocycles. The van der Waals surface area contributed by atoms with E-state index in [-0.39, 0.29) is 0 Å². The number of hydrogen-bond acceptors (Lipinski definition) is 2. The van der Waals surface area contributed by atoms with Gasteiger partial charge >= 0.3 is 0 Å². The summed E-state index contributed by atoms with van der Waals surface area (Å²) in [5.74, 6) is 1.35. The van der Waals surface area contributed by atoms with Crippen molar-refractivity contribution in [2.75, 3.05) is 6.26 Å². The van der Waals surface area contributed by atoms with Crippen molar-refractivity contribution in [3.05, 3.63) is 30.0 Å². The summed E-state index contributed by atoms with van der Waals surface area (Å²) in [6, 6.07) is 8.23. The summed E-state index contributed by atoms with van der Waals surface area (Å²) in [6.45, 7) is 4.35. The van der Waals surface area contributed by atoms with Crippen LogP contribution in [-0.2, 0) is 5.75 Å². The Balaban J connectivity index is 2.70. The highest BCUT2D eigenvalue weighted by atomic mass is 32.2. The molecule has 0 saturated heterocycles. The maximum atomic E-state index is 9.84. The number of thioether (sulfide) groups is 1. The number of phenols is 1. The first-order valence-corrected chi connectivity index (χ1v) is 6.85. The smallest absolute Gasteiger partial charge is 0.124 e. The van der Waals surface area contributed by atoms with E-state index < -0.39 is 0 Å². The molecule has 86 valence electrons. The van der Waals surface area contributed by atoms with Crippen LogP contribution in [0, 0.1) is 0 Å². The van der Waals surface area contributed by atoms with Gasteiger partial charge in [-0.2, -0.15) is 11.8 Å². The highest BCUT2D eigenvalue weighted by Crippen LogP contribution is 2.31. The van der Waals surface area contributed by atoms with Crippen LogP contribution in [0.3, 0.4) is 0 Å². The average molecular weight is 235 g/mol. The molecule has 0 saturated carbocycles. The number of rotatable bonds is 3. The molecule has 3 heteroatoms. The number of nitrogens with zero attached hydrogens (tertiary/aromatic N) is 1. The maximum absolute atomic E-state index is 9.84. The van der Waals surface area contributed by atoms with Crippen molar-refractivity contribution in [1.29, 1.82) is 0 Å². The molecule has 0 atom stereocenters. The summed E-state index contributed by atoms with van der Waals surface area (Å²) < 4.78 is 2.30. The van der Waals surface area contributed by atoms with Crippen molar-refractivity contribution in [3.63, 3.8) is 0 Å². The minimum atomic E-state index is 0.374. The standard InChI is InChI=1S/C13H17NOS/c1-9(2)14-10(8-16-3)7-11-12(14)5-4-6-13(11)15/h4-7,9,15H,8H2,1-3H3. The molecule has 0 amide bonds. The summed E-state index contributed by atoms with van der Waals surface area (Å²) >= 11 is 1.80. The molecule has 1 aromatic heterocycles. The largest absolute Gasteiger partial charge is 0.507 e. The van der Waals surface area contributed by atoms with E-state index in [0.29, 0.717) is 11.8 Å². The Labute approximate surface area is 100 Å². The van der Waals surface area contributed by atoms with Gasteiger partial charge in [0.25, 0.3) is 0 Å². The summed E-state index contributed by atoms with van der Waals surface area (Å²) in [6.07, 6.45) is 2.10. The van der Waals surface area contributed by atoms with Gasteiger partial charge in [0.05, 0.1) is 5.52 Å². The Hall–Kier alpha value is -1.09. The summed E-state index contributed by atoms with van der Waals surface area (Å²) in [5.41, 5.74) is 2.40. The predicted octanol–water partition coefficient (Wildman–Crippen LogP) is 3.79. The molecule has 0 radical (unpaired) electrons. The molecule has 1 heterocycles. The Morgan fingerprint density at radius 2 is 2.12 bits per heavy atom. The van der Waals surface area contributed by atoms with E-state index in [4.69, 9.17) is 0 Å². The average Bonchev–Trinajstić information content (AvgIpc) is 2.58. The molecule has 0 spiro atoms. The third-order valence-corrected chi connectivity index (χ3v) is 3.33. The highest BCUT2D eigenvalue weighted by molar-refractivity contribution is 7.97. The van der Waals surface area contributed by atoms with Crippen LogP contribution in [0.4, 0.5) is 0 Å². The Bertz CT molecular complexity index is 502. The van der Waals surface area contributed by atoms with Crippen molar-refractivity contribution in [2.24, 2.45) is 0 Å². The molecule has 0 aliphatic rings. The lowest BCUT2D eigenvalue weighted by Crippen LogP contribution is -2.04. The number of hydrogen-bond donors (Lipinski definition) is 1. The molecule has 0 aliphatic heterocycles. The fourth-order valence-electron chi connectivity index (χ4n) is 2.16. The van der Waals surface area contributed by atoms with Crippen molar-refractivity contribution < 1.29 is 5.11 Å². The first-order chi connectivity index (χ1) is 7.65. The van der Waals surface area contributed by atoms with E-state index in [1.165, 1.54) is 5.69 Å². The molecule has 2 rings (SSSR count). The number of benzene rings is 1. The third kappa shape index (κ3) is 1.80. The zero-order valence-electron chi connectivity index (χ0n) is 9.90. The zero-order chi connectivity index (χ0) is 11.7. The summed E-state index contributed by atoms with van der Waals surface area (Å²) in [5, 5.41) is 10.8. The van der Waals surface area contributed by atoms with Gasteiger partial charge in [-0.25, -0.2) is 0 Å². The summed E-state index contributed by atoms with van der Waals surface area (Å²) in [7, 11) is 0. The Kier molecular flexibility index (Phi) is 3.15. The van der Waals surface area contributed by atoms with Crippen LogP contribution in [0.1, 0.15) is 25.6 Å². The first-order valence-electron chi connectivity index (χ1n) is 5.46. The van der Waals surface area contributed by atoms with E-state index >= 15 is 0 Å². The van der Waals surface area contributed by atoms with Gasteiger partial charge in [0.1, 0.15) is 5.75 Å². The van der Waals surface area contributed by atoms with Gasteiger partial charge < -0.3 is 9.67 Å². The van der Waals surface area contributed by atoms with Crippen LogP contribution in [0.25, 0.3) is 10.9 Å². The first kappa shape index (κ1) is 11.4. The molecule has 2 nitrogen and oxygen atoms in total. The van der Waals surface area contributed by atoms with Gasteiger partial charge in [-0.15, -0.1) is 0 Å². The minimum absolute atomic E-state index is 0.374. The predicted molar refractivity (Wildman–Crippen MR) is 71.2 cm³/mol. The van der Waals surface area contributed by atoms with Crippen LogP contribution < -0.4 is 0 Å². The second-order valence-electron chi connectivity index (χ2n) is 4.24. The fourth-order valence-corrected chi connectivity index (χ4v) is 2.68. The lowest BCUT2D eigenvalue weighted by Gasteiger charge is -2.14. The fraction of sp³-hybridized carbons (Fsp3) is 0.385. The quantitative estimate of drug-likeness (QED) is 0.875. The number of fused-ring (bicyclic) bond motifs is 1.